The van der Waals surface area contributed by atoms with E-state index in [9.17, 15) is 9.90 Å². The molecule has 2 N–H and O–H groups in total. The maximum atomic E-state index is 12.8. The van der Waals surface area contributed by atoms with Gasteiger partial charge < -0.3 is 15.2 Å². The maximum absolute atomic E-state index is 12.8. The lowest BCUT2D eigenvalue weighted by atomic mass is 9.90. The number of amides is 1. The van der Waals surface area contributed by atoms with Crippen LogP contribution in [0.2, 0.25) is 0 Å². The Bertz CT molecular complexity index is 1780. The standard InChI is InChI=1S/C36H31NO3/c38-21-27(37-36(39)40-22-33-31-13-3-1-11-29(31)30-12-2-4-14-32(30)33)10-6-7-23-15-16-26-18-17-24-8-5-9-25-19-20-28(23)35(26)34(24)25/h1-5,8-9,11-20,27,33,38H,6-7,10,21-22H2,(H,37,39)/t27-/m0/s1. The second kappa shape index (κ2) is 10.3. The molecule has 0 saturated heterocycles. The Hall–Kier alpha value is -4.41. The lowest BCUT2D eigenvalue weighted by Gasteiger charge is -2.19. The number of aliphatic hydroxyl groups excluding tert-OH is 1. The minimum Gasteiger partial charge on any atom is -0.449 e. The summed E-state index contributed by atoms with van der Waals surface area (Å²) in [5.41, 5.74) is 6.06. The molecular formula is C36H31NO3. The second-order valence-electron chi connectivity index (χ2n) is 10.8. The molecule has 1 aliphatic rings. The smallest absolute Gasteiger partial charge is 0.407 e. The first-order valence-corrected chi connectivity index (χ1v) is 14.1. The minimum atomic E-state index is -0.483. The third kappa shape index (κ3) is 4.25. The van der Waals surface area contributed by atoms with E-state index >= 15 is 0 Å². The van der Waals surface area contributed by atoms with Crippen molar-refractivity contribution in [1.29, 1.82) is 0 Å². The molecule has 0 fully saturated rings. The number of rotatable bonds is 8. The molecular weight excluding hydrogens is 494 g/mol. The van der Waals surface area contributed by atoms with E-state index < -0.39 is 6.09 Å². The van der Waals surface area contributed by atoms with Crippen molar-refractivity contribution in [3.63, 3.8) is 0 Å². The van der Waals surface area contributed by atoms with Crippen molar-refractivity contribution in [2.24, 2.45) is 0 Å². The average Bonchev–Trinajstić information content (AvgIpc) is 3.32. The summed E-state index contributed by atoms with van der Waals surface area (Å²) in [5.74, 6) is 0.0141. The van der Waals surface area contributed by atoms with Crippen molar-refractivity contribution in [3.05, 3.63) is 120 Å². The number of alkyl carbamates (subject to hydrolysis) is 1. The van der Waals surface area contributed by atoms with E-state index in [1.807, 2.05) is 24.3 Å². The van der Waals surface area contributed by atoms with Gasteiger partial charge in [0.15, 0.2) is 0 Å². The highest BCUT2D eigenvalue weighted by atomic mass is 16.5. The molecule has 4 heteroatoms. The molecule has 1 aliphatic carbocycles. The van der Waals surface area contributed by atoms with Crippen LogP contribution in [0.3, 0.4) is 0 Å². The van der Waals surface area contributed by atoms with Crippen LogP contribution in [0.5, 0.6) is 0 Å². The van der Waals surface area contributed by atoms with Gasteiger partial charge in [-0.05, 0) is 79.4 Å². The maximum Gasteiger partial charge on any atom is 0.407 e. The Balaban J connectivity index is 0.998. The number of carbonyl (C=O) groups is 1. The lowest BCUT2D eigenvalue weighted by Crippen LogP contribution is -2.38. The van der Waals surface area contributed by atoms with E-state index in [2.05, 4.69) is 84.2 Å². The summed E-state index contributed by atoms with van der Waals surface area (Å²) in [6.07, 6.45) is 1.90. The van der Waals surface area contributed by atoms with Gasteiger partial charge in [-0.2, -0.15) is 0 Å². The minimum absolute atomic E-state index is 0.0141. The highest BCUT2D eigenvalue weighted by molar-refractivity contribution is 6.23. The van der Waals surface area contributed by atoms with Crippen LogP contribution >= 0.6 is 0 Å². The van der Waals surface area contributed by atoms with Crippen LogP contribution in [-0.2, 0) is 11.2 Å². The molecule has 6 aromatic rings. The van der Waals surface area contributed by atoms with Crippen LogP contribution in [0.4, 0.5) is 4.79 Å². The number of carbonyl (C=O) groups excluding carboxylic acids is 1. The molecule has 1 amide bonds. The van der Waals surface area contributed by atoms with E-state index in [0.717, 1.165) is 12.8 Å². The van der Waals surface area contributed by atoms with E-state index in [-0.39, 0.29) is 25.2 Å². The molecule has 0 saturated carbocycles. The Labute approximate surface area is 233 Å². The molecule has 0 bridgehead atoms. The summed E-state index contributed by atoms with van der Waals surface area (Å²) in [6, 6.07) is 36.0. The van der Waals surface area contributed by atoms with E-state index in [1.54, 1.807) is 0 Å². The number of aliphatic hydroxyl groups is 1. The highest BCUT2D eigenvalue weighted by Crippen LogP contribution is 2.44. The second-order valence-corrected chi connectivity index (χ2v) is 10.8. The van der Waals surface area contributed by atoms with E-state index in [4.69, 9.17) is 4.74 Å². The molecule has 0 heterocycles. The molecule has 0 spiro atoms. The quantitative estimate of drug-likeness (QED) is 0.199. The van der Waals surface area contributed by atoms with Gasteiger partial charge >= 0.3 is 6.09 Å². The summed E-state index contributed by atoms with van der Waals surface area (Å²) in [7, 11) is 0. The Morgan fingerprint density at radius 1 is 0.750 bits per heavy atom. The summed E-state index contributed by atoms with van der Waals surface area (Å²) < 4.78 is 5.70. The van der Waals surface area contributed by atoms with Gasteiger partial charge in [0.05, 0.1) is 12.6 Å². The largest absolute Gasteiger partial charge is 0.449 e. The zero-order chi connectivity index (χ0) is 27.1. The van der Waals surface area contributed by atoms with Crippen LogP contribution in [-0.4, -0.2) is 30.5 Å². The lowest BCUT2D eigenvalue weighted by molar-refractivity contribution is 0.131. The number of fused-ring (bicyclic) bond motifs is 3. The van der Waals surface area contributed by atoms with Crippen molar-refractivity contribution in [2.75, 3.05) is 13.2 Å². The Morgan fingerprint density at radius 2 is 1.38 bits per heavy atom. The first-order chi connectivity index (χ1) is 19.7. The monoisotopic (exact) mass is 525 g/mol. The normalized spacial score (nSPS) is 13.5. The highest BCUT2D eigenvalue weighted by Gasteiger charge is 2.29. The fourth-order valence-electron chi connectivity index (χ4n) is 6.57. The fourth-order valence-corrected chi connectivity index (χ4v) is 6.57. The van der Waals surface area contributed by atoms with Crippen LogP contribution in [0.15, 0.2) is 103 Å². The molecule has 0 unspecified atom stereocenters. The third-order valence-corrected chi connectivity index (χ3v) is 8.50. The number of aryl methyl sites for hydroxylation is 1. The van der Waals surface area contributed by atoms with Crippen molar-refractivity contribution >= 4 is 38.4 Å². The summed E-state index contributed by atoms with van der Waals surface area (Å²) in [4.78, 5) is 12.8. The summed E-state index contributed by atoms with van der Waals surface area (Å²) in [6.45, 7) is 0.142. The first kappa shape index (κ1) is 24.6. The molecule has 6 aromatic carbocycles. The van der Waals surface area contributed by atoms with Crippen molar-refractivity contribution in [3.8, 4) is 11.1 Å². The number of hydrogen-bond donors (Lipinski definition) is 2. The molecule has 0 aromatic heterocycles. The summed E-state index contributed by atoms with van der Waals surface area (Å²) >= 11 is 0. The zero-order valence-electron chi connectivity index (χ0n) is 22.3. The van der Waals surface area contributed by atoms with Gasteiger partial charge in [0.2, 0.25) is 0 Å². The fraction of sp³-hybridized carbons (Fsp3) is 0.194. The van der Waals surface area contributed by atoms with Crippen LogP contribution in [0, 0.1) is 0 Å². The predicted octanol–water partition coefficient (Wildman–Crippen LogP) is 7.81. The average molecular weight is 526 g/mol. The molecule has 0 aliphatic heterocycles. The van der Waals surface area contributed by atoms with Gasteiger partial charge in [0, 0.05) is 5.92 Å². The molecule has 0 radical (unpaired) electrons. The van der Waals surface area contributed by atoms with Gasteiger partial charge in [0.25, 0.3) is 0 Å². The molecule has 4 nitrogen and oxygen atoms in total. The zero-order valence-corrected chi connectivity index (χ0v) is 22.3. The molecule has 40 heavy (non-hydrogen) atoms. The molecule has 1 atom stereocenters. The van der Waals surface area contributed by atoms with Gasteiger partial charge in [0.1, 0.15) is 6.61 Å². The number of benzene rings is 6. The van der Waals surface area contributed by atoms with E-state index in [0.29, 0.717) is 6.42 Å². The number of ether oxygens (including phenoxy) is 1. The topological polar surface area (TPSA) is 58.6 Å². The SMILES string of the molecule is O=C(N[C@H](CO)CCCc1ccc2ccc3cccc4ccc1c2c34)OCC1c2ccccc2-c2ccccc21. The van der Waals surface area contributed by atoms with Gasteiger partial charge in [-0.3, -0.25) is 0 Å². The third-order valence-electron chi connectivity index (χ3n) is 8.50. The van der Waals surface area contributed by atoms with Crippen LogP contribution in [0.25, 0.3) is 43.4 Å². The number of hydrogen-bond acceptors (Lipinski definition) is 3. The Morgan fingerprint density at radius 3 is 2.08 bits per heavy atom. The van der Waals surface area contributed by atoms with Crippen molar-refractivity contribution in [2.45, 2.75) is 31.2 Å². The van der Waals surface area contributed by atoms with Gasteiger partial charge in [-0.15, -0.1) is 0 Å². The van der Waals surface area contributed by atoms with Crippen molar-refractivity contribution < 1.29 is 14.6 Å². The van der Waals surface area contributed by atoms with Gasteiger partial charge in [-0.25, -0.2) is 4.79 Å². The van der Waals surface area contributed by atoms with E-state index in [1.165, 1.54) is 60.1 Å². The first-order valence-electron chi connectivity index (χ1n) is 14.1. The molecule has 7 rings (SSSR count). The molecule has 198 valence electrons. The van der Waals surface area contributed by atoms with Gasteiger partial charge in [-0.1, -0.05) is 103 Å². The number of nitrogens with one attached hydrogen (secondary N) is 1. The van der Waals surface area contributed by atoms with Crippen molar-refractivity contribution in [1.82, 2.24) is 5.32 Å². The summed E-state index contributed by atoms with van der Waals surface area (Å²) in [5, 5.41) is 20.6. The van der Waals surface area contributed by atoms with Crippen LogP contribution < -0.4 is 5.32 Å². The Kier molecular flexibility index (Phi) is 6.33. The van der Waals surface area contributed by atoms with Crippen LogP contribution in [0.1, 0.15) is 35.4 Å². The predicted molar refractivity (Wildman–Crippen MR) is 162 cm³/mol.